The van der Waals surface area contributed by atoms with Crippen LogP contribution >= 0.6 is 67.8 Å². The number of hydrogen-bond acceptors (Lipinski definition) is 4. The lowest BCUT2D eigenvalue weighted by atomic mass is 10.2. The Morgan fingerprint density at radius 3 is 2.40 bits per heavy atom. The summed E-state index contributed by atoms with van der Waals surface area (Å²) < 4.78 is 13.0. The van der Waals surface area contributed by atoms with Gasteiger partial charge in [0.2, 0.25) is 5.91 Å². The van der Waals surface area contributed by atoms with Crippen LogP contribution in [-0.4, -0.2) is 25.3 Å². The Hall–Kier alpha value is 0.310. The van der Waals surface area contributed by atoms with E-state index in [1.165, 1.54) is 26.2 Å². The predicted octanol–water partition coefficient (Wildman–Crippen LogP) is 5.56. The van der Waals surface area contributed by atoms with Crippen molar-refractivity contribution in [1.29, 1.82) is 0 Å². The molecule has 140 valence electrons. The number of unbranched alkanes of at least 4 members (excludes halogenated alkanes) is 4. The Labute approximate surface area is 189 Å². The van der Waals surface area contributed by atoms with Crippen LogP contribution in [0.3, 0.4) is 0 Å². The predicted molar refractivity (Wildman–Crippen MR) is 124 cm³/mol. The lowest BCUT2D eigenvalue weighted by Gasteiger charge is -2.14. The minimum Gasteiger partial charge on any atom is -0.435 e. The number of carbonyl (C=O) groups excluding carboxylic acids is 2. The van der Waals surface area contributed by atoms with Gasteiger partial charge in [0.1, 0.15) is 0 Å². The number of benzene rings is 1. The van der Waals surface area contributed by atoms with Gasteiger partial charge in [-0.3, -0.25) is 4.79 Å². The number of nitrogens with one attached hydrogen (secondary N) is 1. The maximum Gasteiger partial charge on any atom is 0.342 e. The number of halogens is 3. The zero-order valence-corrected chi connectivity index (χ0v) is 20.8. The lowest BCUT2D eigenvalue weighted by Crippen LogP contribution is -2.16. The number of amides is 1. The summed E-state index contributed by atoms with van der Waals surface area (Å²) in [5, 5.41) is 2.77. The Morgan fingerprint density at radius 1 is 1.08 bits per heavy atom. The van der Waals surface area contributed by atoms with Crippen LogP contribution < -0.4 is 5.32 Å². The molecule has 8 heteroatoms. The topological polar surface area (TPSA) is 64.6 Å². The van der Waals surface area contributed by atoms with Crippen LogP contribution in [0.2, 0.25) is 0 Å². The number of carbonyl (C=O) groups is 2. The van der Waals surface area contributed by atoms with Crippen molar-refractivity contribution in [3.8, 4) is 0 Å². The first kappa shape index (κ1) is 23.3. The number of rotatable bonds is 10. The molecule has 0 aliphatic heterocycles. The first-order chi connectivity index (χ1) is 11.9. The molecule has 0 unspecified atom stereocenters. The molecule has 0 atom stereocenters. The van der Waals surface area contributed by atoms with Crippen molar-refractivity contribution in [2.75, 3.05) is 18.7 Å². The second kappa shape index (κ2) is 12.7. The van der Waals surface area contributed by atoms with E-state index in [9.17, 15) is 9.59 Å². The molecule has 0 bridgehead atoms. The monoisotopic (exact) mass is 685 g/mol. The fraction of sp³-hybridized carbons (Fsp3) is 0.529. The van der Waals surface area contributed by atoms with E-state index in [-0.39, 0.29) is 12.7 Å². The molecule has 1 aromatic carbocycles. The van der Waals surface area contributed by atoms with Gasteiger partial charge in [0, 0.05) is 14.1 Å². The molecule has 1 amide bonds. The SMILES string of the molecule is CCCCCCCOCOC(=O)c1c(I)cc(I)c(NC(C)=O)c1I. The maximum absolute atomic E-state index is 12.4. The molecule has 5 nitrogen and oxygen atoms in total. The fourth-order valence-corrected chi connectivity index (χ4v) is 6.18. The molecular formula is C17H22I3NO4. The van der Waals surface area contributed by atoms with Gasteiger partial charge in [-0.25, -0.2) is 4.79 Å². The van der Waals surface area contributed by atoms with Crippen molar-refractivity contribution in [3.05, 3.63) is 22.3 Å². The van der Waals surface area contributed by atoms with Gasteiger partial charge in [-0.1, -0.05) is 32.6 Å². The van der Waals surface area contributed by atoms with E-state index in [0.717, 1.165) is 20.0 Å². The van der Waals surface area contributed by atoms with E-state index in [0.29, 0.717) is 21.4 Å². The Bertz CT molecular complexity index is 608. The zero-order valence-electron chi connectivity index (χ0n) is 14.3. The Kier molecular flexibility index (Phi) is 11.8. The third kappa shape index (κ3) is 8.24. The highest BCUT2D eigenvalue weighted by Crippen LogP contribution is 2.32. The summed E-state index contributed by atoms with van der Waals surface area (Å²) >= 11 is 6.30. The Balaban J connectivity index is 2.59. The molecular weight excluding hydrogens is 663 g/mol. The molecule has 0 aromatic heterocycles. The van der Waals surface area contributed by atoms with Crippen molar-refractivity contribution >= 4 is 85.3 Å². The van der Waals surface area contributed by atoms with Crippen molar-refractivity contribution in [2.45, 2.75) is 46.0 Å². The van der Waals surface area contributed by atoms with Crippen LogP contribution in [0.4, 0.5) is 5.69 Å². The van der Waals surface area contributed by atoms with Crippen molar-refractivity contribution in [3.63, 3.8) is 0 Å². The summed E-state index contributed by atoms with van der Waals surface area (Å²) in [6, 6.07) is 1.85. The minimum atomic E-state index is -0.442. The second-order valence-electron chi connectivity index (χ2n) is 5.46. The molecule has 25 heavy (non-hydrogen) atoms. The average molecular weight is 685 g/mol. The van der Waals surface area contributed by atoms with Gasteiger partial charge < -0.3 is 14.8 Å². The highest BCUT2D eigenvalue weighted by Gasteiger charge is 2.21. The second-order valence-corrected chi connectivity index (χ2v) is 8.86. The molecule has 1 N–H and O–H groups in total. The van der Waals surface area contributed by atoms with Crippen molar-refractivity contribution in [2.24, 2.45) is 0 Å². The van der Waals surface area contributed by atoms with E-state index in [4.69, 9.17) is 9.47 Å². The van der Waals surface area contributed by atoms with Crippen LogP contribution in [0.15, 0.2) is 6.07 Å². The van der Waals surface area contributed by atoms with Crippen LogP contribution in [0.1, 0.15) is 56.3 Å². The lowest BCUT2D eigenvalue weighted by molar-refractivity contribution is -0.114. The summed E-state index contributed by atoms with van der Waals surface area (Å²) in [5.74, 6) is -0.620. The van der Waals surface area contributed by atoms with Gasteiger partial charge in [0.05, 0.1) is 21.4 Å². The number of hydrogen-bond donors (Lipinski definition) is 1. The largest absolute Gasteiger partial charge is 0.435 e. The highest BCUT2D eigenvalue weighted by atomic mass is 127. The zero-order chi connectivity index (χ0) is 18.8. The van der Waals surface area contributed by atoms with Crippen LogP contribution in [0, 0.1) is 10.7 Å². The highest BCUT2D eigenvalue weighted by molar-refractivity contribution is 14.1. The van der Waals surface area contributed by atoms with Crippen molar-refractivity contribution in [1.82, 2.24) is 0 Å². The molecule has 0 heterocycles. The molecule has 0 saturated heterocycles. The molecule has 0 fully saturated rings. The standard InChI is InChI=1S/C17H22I3NO4/c1-3-4-5-6-7-8-24-10-25-17(23)14-12(18)9-13(19)16(15(14)20)21-11(2)22/h9H,3-8,10H2,1-2H3,(H,21,22). The number of anilines is 1. The van der Waals surface area contributed by atoms with E-state index >= 15 is 0 Å². The molecule has 1 rings (SSSR count). The van der Waals surface area contributed by atoms with E-state index in [2.05, 4.69) is 80.0 Å². The molecule has 1 aromatic rings. The fourth-order valence-electron chi connectivity index (χ4n) is 2.10. The third-order valence-corrected chi connectivity index (χ3v) is 6.12. The van der Waals surface area contributed by atoms with Gasteiger partial charge in [0.25, 0.3) is 0 Å². The van der Waals surface area contributed by atoms with Gasteiger partial charge in [0.15, 0.2) is 6.79 Å². The average Bonchev–Trinajstić information content (AvgIpc) is 2.53. The number of ether oxygens (including phenoxy) is 2. The first-order valence-corrected chi connectivity index (χ1v) is 11.3. The summed E-state index contributed by atoms with van der Waals surface area (Å²) in [4.78, 5) is 23.7. The molecule has 0 spiro atoms. The minimum absolute atomic E-state index is 0.0553. The van der Waals surface area contributed by atoms with Crippen LogP contribution in [0.5, 0.6) is 0 Å². The van der Waals surface area contributed by atoms with E-state index < -0.39 is 5.97 Å². The smallest absolute Gasteiger partial charge is 0.342 e. The normalized spacial score (nSPS) is 10.6. The van der Waals surface area contributed by atoms with Gasteiger partial charge in [-0.2, -0.15) is 0 Å². The van der Waals surface area contributed by atoms with E-state index in [1.807, 2.05) is 6.07 Å². The summed E-state index contributed by atoms with van der Waals surface area (Å²) in [5.41, 5.74) is 1.09. The molecule has 0 aliphatic rings. The van der Waals surface area contributed by atoms with Gasteiger partial charge in [-0.15, -0.1) is 0 Å². The van der Waals surface area contributed by atoms with Crippen LogP contribution in [0.25, 0.3) is 0 Å². The molecule has 0 aliphatic carbocycles. The summed E-state index contributed by atoms with van der Waals surface area (Å²) in [6.45, 7) is 4.16. The third-order valence-electron chi connectivity index (χ3n) is 3.34. The number of esters is 1. The van der Waals surface area contributed by atoms with Gasteiger partial charge in [-0.05, 0) is 80.3 Å². The first-order valence-electron chi connectivity index (χ1n) is 8.08. The van der Waals surface area contributed by atoms with Crippen molar-refractivity contribution < 1.29 is 19.1 Å². The van der Waals surface area contributed by atoms with Crippen LogP contribution in [-0.2, 0) is 14.3 Å². The summed E-state index contributed by atoms with van der Waals surface area (Å²) in [7, 11) is 0. The van der Waals surface area contributed by atoms with Gasteiger partial charge >= 0.3 is 5.97 Å². The Morgan fingerprint density at radius 2 is 1.76 bits per heavy atom. The molecule has 0 radical (unpaired) electrons. The summed E-state index contributed by atoms with van der Waals surface area (Å²) in [6.07, 6.45) is 5.78. The maximum atomic E-state index is 12.4. The molecule has 0 saturated carbocycles. The quantitative estimate of drug-likeness (QED) is 0.152. The van der Waals surface area contributed by atoms with E-state index in [1.54, 1.807) is 0 Å².